The Morgan fingerprint density at radius 3 is 2.84 bits per heavy atom. The molecule has 0 radical (unpaired) electrons. The minimum absolute atomic E-state index is 0.181. The largest absolute Gasteiger partial charge is 0.385 e. The van der Waals surface area contributed by atoms with Crippen molar-refractivity contribution in [2.75, 3.05) is 32.1 Å². The van der Waals surface area contributed by atoms with E-state index in [4.69, 9.17) is 4.74 Å². The molecule has 1 aromatic rings. The van der Waals surface area contributed by atoms with E-state index < -0.39 is 10.0 Å². The van der Waals surface area contributed by atoms with E-state index in [0.717, 1.165) is 6.42 Å². The molecule has 0 atom stereocenters. The van der Waals surface area contributed by atoms with Crippen LogP contribution < -0.4 is 10.0 Å². The van der Waals surface area contributed by atoms with Crippen LogP contribution in [0.25, 0.3) is 0 Å². The number of ether oxygens (including phenoxy) is 1. The zero-order chi connectivity index (χ0) is 14.1. The van der Waals surface area contributed by atoms with Crippen LogP contribution in [-0.2, 0) is 14.8 Å². The summed E-state index contributed by atoms with van der Waals surface area (Å²) in [6.45, 7) is 3.56. The van der Waals surface area contributed by atoms with Crippen molar-refractivity contribution in [3.05, 3.63) is 18.3 Å². The maximum Gasteiger partial charge on any atom is 0.244 e. The number of methoxy groups -OCH3 is 1. The topological polar surface area (TPSA) is 80.3 Å². The molecular weight excluding hydrogens is 266 g/mol. The van der Waals surface area contributed by atoms with E-state index in [2.05, 4.69) is 15.0 Å². The third-order valence-corrected chi connectivity index (χ3v) is 3.91. The van der Waals surface area contributed by atoms with Crippen molar-refractivity contribution < 1.29 is 13.2 Å². The van der Waals surface area contributed by atoms with Crippen LogP contribution >= 0.6 is 0 Å². The minimum Gasteiger partial charge on any atom is -0.385 e. The number of sulfonamides is 1. The summed E-state index contributed by atoms with van der Waals surface area (Å²) in [5.41, 5.74) is 0. The number of pyridine rings is 1. The lowest BCUT2D eigenvalue weighted by Gasteiger charge is -2.11. The fourth-order valence-corrected chi connectivity index (χ4v) is 2.69. The van der Waals surface area contributed by atoms with E-state index in [0.29, 0.717) is 31.9 Å². The van der Waals surface area contributed by atoms with E-state index in [1.165, 1.54) is 0 Å². The third-order valence-electron chi connectivity index (χ3n) is 2.42. The van der Waals surface area contributed by atoms with Gasteiger partial charge in [-0.15, -0.1) is 0 Å². The molecule has 0 bridgehead atoms. The van der Waals surface area contributed by atoms with Crippen LogP contribution in [0.2, 0.25) is 0 Å². The van der Waals surface area contributed by atoms with Crippen molar-refractivity contribution in [3.8, 4) is 0 Å². The van der Waals surface area contributed by atoms with Gasteiger partial charge in [0.05, 0.1) is 0 Å². The fraction of sp³-hybridized carbons (Fsp3) is 0.583. The van der Waals surface area contributed by atoms with Gasteiger partial charge in [0, 0.05) is 33.0 Å². The number of rotatable bonds is 9. The Bertz CT molecular complexity index is 477. The molecule has 0 saturated carbocycles. The highest BCUT2D eigenvalue weighted by molar-refractivity contribution is 7.89. The molecule has 0 saturated heterocycles. The van der Waals surface area contributed by atoms with E-state index in [1.807, 2.05) is 6.92 Å². The fourth-order valence-electron chi connectivity index (χ4n) is 1.48. The average molecular weight is 287 g/mol. The smallest absolute Gasteiger partial charge is 0.244 e. The lowest BCUT2D eigenvalue weighted by Crippen LogP contribution is -2.26. The highest BCUT2D eigenvalue weighted by Gasteiger charge is 2.18. The lowest BCUT2D eigenvalue weighted by atomic mass is 10.4. The highest BCUT2D eigenvalue weighted by atomic mass is 32.2. The summed E-state index contributed by atoms with van der Waals surface area (Å²) in [5, 5.41) is 3.02. The van der Waals surface area contributed by atoms with Crippen LogP contribution in [0.4, 0.5) is 5.82 Å². The van der Waals surface area contributed by atoms with Crippen LogP contribution in [-0.4, -0.2) is 40.2 Å². The molecule has 2 N–H and O–H groups in total. The number of hydrogen-bond donors (Lipinski definition) is 2. The molecule has 0 aliphatic carbocycles. The summed E-state index contributed by atoms with van der Waals surface area (Å²) in [5.74, 6) is 0.392. The van der Waals surface area contributed by atoms with E-state index in [-0.39, 0.29) is 4.90 Å². The normalized spacial score (nSPS) is 11.5. The molecule has 0 amide bonds. The van der Waals surface area contributed by atoms with Gasteiger partial charge in [0.25, 0.3) is 0 Å². The van der Waals surface area contributed by atoms with E-state index in [1.54, 1.807) is 25.4 Å². The van der Waals surface area contributed by atoms with Gasteiger partial charge in [-0.1, -0.05) is 6.92 Å². The first-order valence-electron chi connectivity index (χ1n) is 6.29. The van der Waals surface area contributed by atoms with Crippen LogP contribution in [0.5, 0.6) is 0 Å². The molecule has 0 unspecified atom stereocenters. The molecule has 6 nitrogen and oxygen atoms in total. The first kappa shape index (κ1) is 15.9. The van der Waals surface area contributed by atoms with Crippen molar-refractivity contribution in [1.82, 2.24) is 9.71 Å². The molecule has 19 heavy (non-hydrogen) atoms. The Balaban J connectivity index is 2.76. The molecule has 0 spiro atoms. The van der Waals surface area contributed by atoms with Gasteiger partial charge in [0.1, 0.15) is 10.7 Å². The molecule has 0 aromatic carbocycles. The molecule has 108 valence electrons. The number of hydrogen-bond acceptors (Lipinski definition) is 5. The standard InChI is InChI=1S/C12H21N3O3S/c1-3-7-13-12-11(6-4-8-14-12)19(16,17)15-9-5-10-18-2/h4,6,8,15H,3,5,7,9-10H2,1-2H3,(H,13,14). The molecule has 0 fully saturated rings. The Morgan fingerprint density at radius 2 is 2.16 bits per heavy atom. The van der Waals surface area contributed by atoms with Gasteiger partial charge in [-0.05, 0) is 25.0 Å². The number of aromatic nitrogens is 1. The van der Waals surface area contributed by atoms with Crippen LogP contribution in [0.3, 0.4) is 0 Å². The van der Waals surface area contributed by atoms with Crippen LogP contribution in [0.15, 0.2) is 23.2 Å². The predicted octanol–water partition coefficient (Wildman–Crippen LogP) is 1.22. The summed E-state index contributed by atoms with van der Waals surface area (Å²) in [4.78, 5) is 4.25. The summed E-state index contributed by atoms with van der Waals surface area (Å²) in [6, 6.07) is 3.16. The monoisotopic (exact) mass is 287 g/mol. The van der Waals surface area contributed by atoms with Crippen LogP contribution in [0.1, 0.15) is 19.8 Å². The van der Waals surface area contributed by atoms with Gasteiger partial charge < -0.3 is 10.1 Å². The van der Waals surface area contributed by atoms with Gasteiger partial charge in [-0.2, -0.15) is 0 Å². The maximum atomic E-state index is 12.1. The first-order chi connectivity index (χ1) is 9.11. The SMILES string of the molecule is CCCNc1ncccc1S(=O)(=O)NCCCOC. The molecule has 1 rings (SSSR count). The minimum atomic E-state index is -3.53. The van der Waals surface area contributed by atoms with Crippen molar-refractivity contribution in [2.45, 2.75) is 24.7 Å². The van der Waals surface area contributed by atoms with E-state index in [9.17, 15) is 8.42 Å². The molecule has 0 aliphatic heterocycles. The average Bonchev–Trinajstić information content (AvgIpc) is 2.41. The molecule has 1 aromatic heterocycles. The Kier molecular flexibility index (Phi) is 6.75. The zero-order valence-corrected chi connectivity index (χ0v) is 12.2. The number of anilines is 1. The van der Waals surface area contributed by atoms with Crippen molar-refractivity contribution >= 4 is 15.8 Å². The van der Waals surface area contributed by atoms with Crippen molar-refractivity contribution in [1.29, 1.82) is 0 Å². The predicted molar refractivity (Wildman–Crippen MR) is 74.7 cm³/mol. The second kappa shape index (κ2) is 8.08. The van der Waals surface area contributed by atoms with Gasteiger partial charge in [0.15, 0.2) is 0 Å². The van der Waals surface area contributed by atoms with Gasteiger partial charge in [-0.25, -0.2) is 18.1 Å². The Morgan fingerprint density at radius 1 is 1.37 bits per heavy atom. The zero-order valence-electron chi connectivity index (χ0n) is 11.3. The molecule has 0 aliphatic rings. The molecule has 7 heteroatoms. The second-order valence-electron chi connectivity index (χ2n) is 4.02. The highest BCUT2D eigenvalue weighted by Crippen LogP contribution is 2.17. The van der Waals surface area contributed by atoms with Crippen molar-refractivity contribution in [2.24, 2.45) is 0 Å². The van der Waals surface area contributed by atoms with Gasteiger partial charge in [-0.3, -0.25) is 0 Å². The maximum absolute atomic E-state index is 12.1. The van der Waals surface area contributed by atoms with E-state index >= 15 is 0 Å². The summed E-state index contributed by atoms with van der Waals surface area (Å²) < 4.78 is 31.7. The third kappa shape index (κ3) is 5.14. The summed E-state index contributed by atoms with van der Waals surface area (Å²) >= 11 is 0. The summed E-state index contributed by atoms with van der Waals surface area (Å²) in [6.07, 6.45) is 3.10. The van der Waals surface area contributed by atoms with Crippen LogP contribution in [0, 0.1) is 0 Å². The Hall–Kier alpha value is -1.18. The van der Waals surface area contributed by atoms with Gasteiger partial charge >= 0.3 is 0 Å². The number of nitrogens with zero attached hydrogens (tertiary/aromatic N) is 1. The van der Waals surface area contributed by atoms with Crippen molar-refractivity contribution in [3.63, 3.8) is 0 Å². The first-order valence-corrected chi connectivity index (χ1v) is 7.77. The van der Waals surface area contributed by atoms with Gasteiger partial charge in [0.2, 0.25) is 10.0 Å². The summed E-state index contributed by atoms with van der Waals surface area (Å²) in [7, 11) is -1.95. The Labute approximate surface area is 114 Å². The molecule has 1 heterocycles. The second-order valence-corrected chi connectivity index (χ2v) is 5.76. The number of nitrogens with one attached hydrogen (secondary N) is 2. The molecular formula is C12H21N3O3S. The lowest BCUT2D eigenvalue weighted by molar-refractivity contribution is 0.196. The quantitative estimate of drug-likeness (QED) is 0.667.